The van der Waals surface area contributed by atoms with Gasteiger partial charge in [-0.25, -0.2) is 13.8 Å². The van der Waals surface area contributed by atoms with E-state index >= 15 is 0 Å². The fourth-order valence-corrected chi connectivity index (χ4v) is 0.978. The topological polar surface area (TPSA) is 38.9 Å². The highest BCUT2D eigenvalue weighted by molar-refractivity contribution is 5.51. The normalized spacial score (nSPS) is 12.2. The summed E-state index contributed by atoms with van der Waals surface area (Å²) in [6.07, 6.45) is -8.56. The van der Waals surface area contributed by atoms with Gasteiger partial charge in [-0.05, 0) is 0 Å². The summed E-state index contributed by atoms with van der Waals surface area (Å²) in [4.78, 5) is 2.64. The van der Waals surface area contributed by atoms with Gasteiger partial charge in [0.05, 0.1) is 16.8 Å². The maximum absolute atomic E-state index is 12.6. The second-order valence-corrected chi connectivity index (χ2v) is 2.59. The Balaban J connectivity index is 3.47. The molecule has 0 saturated heterocycles. The fraction of sp³-hybridized carbons (Fsp3) is 0.286. The average Bonchev–Trinajstić information content (AvgIpc) is 2.06. The number of rotatable bonds is 1. The SMILES string of the molecule is Nc1c(F)ncc(C(F)(F)F)c1C(F)F. The Bertz CT molecular complexity index is 372. The molecule has 0 bridgehead atoms. The average molecular weight is 230 g/mol. The van der Waals surface area contributed by atoms with Crippen molar-refractivity contribution in [1.29, 1.82) is 0 Å². The molecule has 0 aromatic carbocycles. The van der Waals surface area contributed by atoms with Crippen LogP contribution >= 0.6 is 0 Å². The van der Waals surface area contributed by atoms with E-state index in [0.29, 0.717) is 0 Å². The molecule has 0 fully saturated rings. The van der Waals surface area contributed by atoms with Crippen molar-refractivity contribution in [2.24, 2.45) is 0 Å². The molecule has 0 atom stereocenters. The van der Waals surface area contributed by atoms with Crippen molar-refractivity contribution in [3.63, 3.8) is 0 Å². The first kappa shape index (κ1) is 11.6. The van der Waals surface area contributed by atoms with Gasteiger partial charge in [0.1, 0.15) is 0 Å². The molecule has 0 saturated carbocycles. The summed E-state index contributed by atoms with van der Waals surface area (Å²) >= 11 is 0. The lowest BCUT2D eigenvalue weighted by atomic mass is 10.1. The third-order valence-electron chi connectivity index (χ3n) is 1.63. The van der Waals surface area contributed by atoms with Crippen LogP contribution in [0.5, 0.6) is 0 Å². The lowest BCUT2D eigenvalue weighted by Crippen LogP contribution is -2.14. The highest BCUT2D eigenvalue weighted by Crippen LogP contribution is 2.39. The maximum Gasteiger partial charge on any atom is 0.418 e. The standard InChI is InChI=1S/C7H4F6N2/c8-5(9)3-2(7(11,12)13)1-15-6(10)4(3)14/h1,5H,14H2. The summed E-state index contributed by atoms with van der Waals surface area (Å²) in [7, 11) is 0. The predicted octanol–water partition coefficient (Wildman–Crippen LogP) is 2.76. The van der Waals surface area contributed by atoms with E-state index in [4.69, 9.17) is 5.73 Å². The van der Waals surface area contributed by atoms with E-state index in [-0.39, 0.29) is 6.20 Å². The molecule has 2 nitrogen and oxygen atoms in total. The van der Waals surface area contributed by atoms with Gasteiger partial charge in [0.2, 0.25) is 5.95 Å². The molecular formula is C7H4F6N2. The minimum Gasteiger partial charge on any atom is -0.395 e. The van der Waals surface area contributed by atoms with E-state index in [1.54, 1.807) is 0 Å². The van der Waals surface area contributed by atoms with E-state index in [1.165, 1.54) is 0 Å². The zero-order valence-electron chi connectivity index (χ0n) is 6.95. The molecule has 84 valence electrons. The van der Waals surface area contributed by atoms with Gasteiger partial charge >= 0.3 is 6.18 Å². The van der Waals surface area contributed by atoms with Crippen LogP contribution in [-0.2, 0) is 6.18 Å². The van der Waals surface area contributed by atoms with Crippen LogP contribution in [0.3, 0.4) is 0 Å². The molecule has 1 aromatic rings. The number of pyridine rings is 1. The Morgan fingerprint density at radius 1 is 1.27 bits per heavy atom. The minimum atomic E-state index is -5.04. The Hall–Kier alpha value is -1.47. The lowest BCUT2D eigenvalue weighted by molar-refractivity contribution is -0.139. The third kappa shape index (κ3) is 2.13. The summed E-state index contributed by atoms with van der Waals surface area (Å²) in [6.45, 7) is 0. The zero-order chi connectivity index (χ0) is 11.8. The number of hydrogen-bond donors (Lipinski definition) is 1. The number of hydrogen-bond acceptors (Lipinski definition) is 2. The number of anilines is 1. The summed E-state index contributed by atoms with van der Waals surface area (Å²) in [5.41, 5.74) is 0.186. The molecule has 2 N–H and O–H groups in total. The Labute approximate surface area is 79.7 Å². The minimum absolute atomic E-state index is 0.00676. The van der Waals surface area contributed by atoms with E-state index in [9.17, 15) is 26.3 Å². The Morgan fingerprint density at radius 3 is 2.20 bits per heavy atom. The lowest BCUT2D eigenvalue weighted by Gasteiger charge is -2.13. The van der Waals surface area contributed by atoms with Gasteiger partial charge in [0, 0.05) is 6.20 Å². The van der Waals surface area contributed by atoms with Crippen LogP contribution in [0.25, 0.3) is 0 Å². The van der Waals surface area contributed by atoms with Crippen LogP contribution in [0.15, 0.2) is 6.20 Å². The van der Waals surface area contributed by atoms with Crippen LogP contribution in [0, 0.1) is 5.95 Å². The monoisotopic (exact) mass is 230 g/mol. The van der Waals surface area contributed by atoms with Crippen molar-refractivity contribution in [3.05, 3.63) is 23.3 Å². The molecule has 0 unspecified atom stereocenters. The zero-order valence-corrected chi connectivity index (χ0v) is 6.95. The highest BCUT2D eigenvalue weighted by atomic mass is 19.4. The first-order valence-electron chi connectivity index (χ1n) is 3.54. The van der Waals surface area contributed by atoms with Crippen molar-refractivity contribution in [1.82, 2.24) is 4.98 Å². The van der Waals surface area contributed by atoms with Gasteiger partial charge in [0.25, 0.3) is 6.43 Å². The van der Waals surface area contributed by atoms with Gasteiger partial charge in [-0.2, -0.15) is 17.6 Å². The van der Waals surface area contributed by atoms with Crippen molar-refractivity contribution in [2.75, 3.05) is 5.73 Å². The molecule has 0 amide bonds. The highest BCUT2D eigenvalue weighted by Gasteiger charge is 2.38. The predicted molar refractivity (Wildman–Crippen MR) is 38.6 cm³/mol. The number of alkyl halides is 5. The number of nitrogens with two attached hydrogens (primary N) is 1. The van der Waals surface area contributed by atoms with Crippen LogP contribution < -0.4 is 5.73 Å². The quantitative estimate of drug-likeness (QED) is 0.595. The number of nitrogens with zero attached hydrogens (tertiary/aromatic N) is 1. The fourth-order valence-electron chi connectivity index (χ4n) is 0.978. The first-order chi connectivity index (χ1) is 6.75. The molecule has 1 heterocycles. The summed E-state index contributed by atoms with van der Waals surface area (Å²) < 4.78 is 73.5. The van der Waals surface area contributed by atoms with Crippen molar-refractivity contribution >= 4 is 5.69 Å². The van der Waals surface area contributed by atoms with Gasteiger partial charge < -0.3 is 5.73 Å². The molecule has 8 heteroatoms. The summed E-state index contributed by atoms with van der Waals surface area (Å²) in [5.74, 6) is -1.54. The van der Waals surface area contributed by atoms with Gasteiger partial charge in [-0.15, -0.1) is 0 Å². The van der Waals surface area contributed by atoms with Crippen molar-refractivity contribution < 1.29 is 26.3 Å². The van der Waals surface area contributed by atoms with Crippen LogP contribution in [0.4, 0.5) is 32.0 Å². The summed E-state index contributed by atoms with van der Waals surface area (Å²) in [5, 5.41) is 0. The van der Waals surface area contributed by atoms with E-state index in [2.05, 4.69) is 4.98 Å². The molecule has 0 aliphatic rings. The van der Waals surface area contributed by atoms with Crippen molar-refractivity contribution in [3.8, 4) is 0 Å². The smallest absolute Gasteiger partial charge is 0.395 e. The Morgan fingerprint density at radius 2 is 1.80 bits per heavy atom. The number of halogens is 6. The maximum atomic E-state index is 12.6. The third-order valence-corrected chi connectivity index (χ3v) is 1.63. The van der Waals surface area contributed by atoms with Crippen LogP contribution in [0.1, 0.15) is 17.6 Å². The molecular weight excluding hydrogens is 226 g/mol. The molecule has 0 aliphatic heterocycles. The Kier molecular flexibility index (Phi) is 2.78. The second kappa shape index (κ2) is 3.59. The number of aromatic nitrogens is 1. The van der Waals surface area contributed by atoms with Crippen LogP contribution in [-0.4, -0.2) is 4.98 Å². The van der Waals surface area contributed by atoms with E-state index < -0.39 is 35.4 Å². The first-order valence-corrected chi connectivity index (χ1v) is 3.54. The second-order valence-electron chi connectivity index (χ2n) is 2.59. The van der Waals surface area contributed by atoms with E-state index in [1.807, 2.05) is 0 Å². The van der Waals surface area contributed by atoms with E-state index in [0.717, 1.165) is 0 Å². The van der Waals surface area contributed by atoms with Gasteiger partial charge in [0.15, 0.2) is 0 Å². The largest absolute Gasteiger partial charge is 0.418 e. The van der Waals surface area contributed by atoms with Crippen molar-refractivity contribution in [2.45, 2.75) is 12.6 Å². The molecule has 1 rings (SSSR count). The summed E-state index contributed by atoms with van der Waals surface area (Å²) in [6, 6.07) is 0. The molecule has 0 aliphatic carbocycles. The molecule has 1 aromatic heterocycles. The van der Waals surface area contributed by atoms with Crippen LogP contribution in [0.2, 0.25) is 0 Å². The molecule has 15 heavy (non-hydrogen) atoms. The number of nitrogen functional groups attached to an aromatic ring is 1. The molecule has 0 radical (unpaired) electrons. The van der Waals surface area contributed by atoms with Gasteiger partial charge in [-0.3, -0.25) is 0 Å². The molecule has 0 spiro atoms. The van der Waals surface area contributed by atoms with Gasteiger partial charge in [-0.1, -0.05) is 0 Å².